The Morgan fingerprint density at radius 1 is 1.07 bits per heavy atom. The van der Waals surface area contributed by atoms with Crippen LogP contribution in [0.3, 0.4) is 0 Å². The van der Waals surface area contributed by atoms with Gasteiger partial charge in [-0.25, -0.2) is 5.10 Å². The number of alkyl halides is 3. The van der Waals surface area contributed by atoms with Crippen molar-refractivity contribution >= 4 is 11.0 Å². The lowest BCUT2D eigenvalue weighted by Gasteiger charge is -2.08. The maximum absolute atomic E-state index is 12.9. The number of aromatic nitrogens is 3. The summed E-state index contributed by atoms with van der Waals surface area (Å²) in [6, 6.07) is 14.3. The van der Waals surface area contributed by atoms with Crippen LogP contribution in [0.15, 0.2) is 52.9 Å². The Hall–Kier alpha value is -3.60. The van der Waals surface area contributed by atoms with Gasteiger partial charge in [0.05, 0.1) is 5.56 Å². The largest absolute Gasteiger partial charge is 0.454 e. The molecule has 134 valence electrons. The van der Waals surface area contributed by atoms with E-state index in [0.29, 0.717) is 29.0 Å². The van der Waals surface area contributed by atoms with E-state index in [2.05, 4.69) is 15.4 Å². The zero-order valence-electron chi connectivity index (χ0n) is 13.7. The smallest absolute Gasteiger partial charge is 0.416 e. The lowest BCUT2D eigenvalue weighted by atomic mass is 10.0. The topological polar surface area (TPSA) is 78.5 Å². The third kappa shape index (κ3) is 3.27. The van der Waals surface area contributed by atoms with Gasteiger partial charge in [-0.05, 0) is 41.8 Å². The second-order valence-electron chi connectivity index (χ2n) is 6.00. The number of nitriles is 1. The molecule has 27 heavy (non-hydrogen) atoms. The Balaban J connectivity index is 1.66. The molecule has 2 aromatic carbocycles. The van der Waals surface area contributed by atoms with Gasteiger partial charge in [0.15, 0.2) is 17.1 Å². The number of H-pyrrole nitrogens is 1. The van der Waals surface area contributed by atoms with Crippen LogP contribution in [0.1, 0.15) is 22.4 Å². The first-order chi connectivity index (χ1) is 12.9. The fourth-order valence-corrected chi connectivity index (χ4v) is 2.89. The van der Waals surface area contributed by atoms with Crippen LogP contribution in [0.2, 0.25) is 0 Å². The Morgan fingerprint density at radius 2 is 1.89 bits per heavy atom. The molecule has 1 N–H and O–H groups in total. The van der Waals surface area contributed by atoms with Crippen molar-refractivity contribution in [2.24, 2.45) is 0 Å². The molecular formula is C19H11F3N4O. The number of hydrogen-bond donors (Lipinski definition) is 1. The fraction of sp³-hybridized carbons (Fsp3) is 0.105. The molecule has 4 aromatic rings. The van der Waals surface area contributed by atoms with E-state index in [1.807, 2.05) is 12.1 Å². The predicted octanol–water partition coefficient (Wildman–Crippen LogP) is 4.70. The van der Waals surface area contributed by atoms with Crippen LogP contribution in [0.5, 0.6) is 0 Å². The molecule has 0 aliphatic carbocycles. The minimum Gasteiger partial charge on any atom is -0.454 e. The molecule has 0 radical (unpaired) electrons. The maximum atomic E-state index is 12.9. The van der Waals surface area contributed by atoms with Crippen molar-refractivity contribution in [1.82, 2.24) is 15.4 Å². The summed E-state index contributed by atoms with van der Waals surface area (Å²) in [4.78, 5) is 0. The molecule has 0 aliphatic heterocycles. The van der Waals surface area contributed by atoms with Crippen molar-refractivity contribution in [1.29, 1.82) is 5.26 Å². The molecule has 5 nitrogen and oxygen atoms in total. The highest BCUT2D eigenvalue weighted by Gasteiger charge is 2.30. The zero-order chi connectivity index (χ0) is 19.0. The van der Waals surface area contributed by atoms with Gasteiger partial charge in [-0.2, -0.15) is 18.4 Å². The average Bonchev–Trinajstić information content (AvgIpc) is 3.27. The van der Waals surface area contributed by atoms with Crippen LogP contribution in [0.4, 0.5) is 13.2 Å². The highest BCUT2D eigenvalue weighted by Crippen LogP contribution is 2.31. The Kier molecular flexibility index (Phi) is 3.92. The van der Waals surface area contributed by atoms with Gasteiger partial charge < -0.3 is 4.42 Å². The molecule has 0 saturated carbocycles. The van der Waals surface area contributed by atoms with E-state index < -0.39 is 11.7 Å². The van der Waals surface area contributed by atoms with Crippen molar-refractivity contribution in [2.75, 3.05) is 0 Å². The Bertz CT molecular complexity index is 1170. The molecule has 0 amide bonds. The summed E-state index contributed by atoms with van der Waals surface area (Å²) in [5, 5.41) is 19.7. The Morgan fingerprint density at radius 3 is 2.67 bits per heavy atom. The summed E-state index contributed by atoms with van der Waals surface area (Å²) < 4.78 is 44.3. The summed E-state index contributed by atoms with van der Waals surface area (Å²) in [6.07, 6.45) is -4.01. The van der Waals surface area contributed by atoms with Gasteiger partial charge in [-0.3, -0.25) is 0 Å². The van der Waals surface area contributed by atoms with Crippen molar-refractivity contribution in [3.05, 3.63) is 70.9 Å². The number of fused-ring (bicyclic) bond motifs is 1. The number of benzene rings is 2. The molecular weight excluding hydrogens is 357 g/mol. The molecule has 0 aliphatic rings. The van der Waals surface area contributed by atoms with Crippen molar-refractivity contribution in [3.63, 3.8) is 0 Å². The van der Waals surface area contributed by atoms with Crippen LogP contribution in [0, 0.1) is 11.3 Å². The van der Waals surface area contributed by atoms with Gasteiger partial charge in [-0.1, -0.05) is 29.5 Å². The van der Waals surface area contributed by atoms with E-state index in [4.69, 9.17) is 9.68 Å². The minimum atomic E-state index is -4.37. The van der Waals surface area contributed by atoms with Gasteiger partial charge in [0.25, 0.3) is 0 Å². The van der Waals surface area contributed by atoms with E-state index in [-0.39, 0.29) is 5.69 Å². The molecule has 8 heteroatoms. The summed E-state index contributed by atoms with van der Waals surface area (Å²) in [6.45, 7) is 0. The lowest BCUT2D eigenvalue weighted by molar-refractivity contribution is -0.137. The normalized spacial score (nSPS) is 11.6. The monoisotopic (exact) mass is 368 g/mol. The molecule has 0 unspecified atom stereocenters. The minimum absolute atomic E-state index is 0.193. The van der Waals surface area contributed by atoms with Crippen LogP contribution in [0.25, 0.3) is 22.4 Å². The third-order valence-corrected chi connectivity index (χ3v) is 4.14. The van der Waals surface area contributed by atoms with Gasteiger partial charge in [0.1, 0.15) is 11.7 Å². The third-order valence-electron chi connectivity index (χ3n) is 4.14. The van der Waals surface area contributed by atoms with Gasteiger partial charge in [-0.15, -0.1) is 5.10 Å². The lowest BCUT2D eigenvalue weighted by Crippen LogP contribution is -2.05. The van der Waals surface area contributed by atoms with E-state index in [0.717, 1.165) is 23.1 Å². The van der Waals surface area contributed by atoms with Crippen LogP contribution >= 0.6 is 0 Å². The molecule has 0 atom stereocenters. The SMILES string of the molecule is N#Cc1[nH]nnc1-c1cc2cc(Cc3cccc(C(F)(F)F)c3)ccc2o1. The number of rotatable bonds is 3. The second-order valence-corrected chi connectivity index (χ2v) is 6.00. The van der Waals surface area contributed by atoms with Crippen LogP contribution in [-0.2, 0) is 12.6 Å². The van der Waals surface area contributed by atoms with Crippen LogP contribution in [-0.4, -0.2) is 15.4 Å². The van der Waals surface area contributed by atoms with E-state index in [1.165, 1.54) is 6.07 Å². The maximum Gasteiger partial charge on any atom is 0.416 e. The zero-order valence-corrected chi connectivity index (χ0v) is 13.7. The number of nitrogens with zero attached hydrogens (tertiary/aromatic N) is 3. The summed E-state index contributed by atoms with van der Waals surface area (Å²) in [5.41, 5.74) is 1.84. The number of furan rings is 1. The second kappa shape index (κ2) is 6.29. The van der Waals surface area contributed by atoms with Gasteiger partial charge in [0.2, 0.25) is 0 Å². The summed E-state index contributed by atoms with van der Waals surface area (Å²) in [7, 11) is 0. The molecule has 0 saturated heterocycles. The van der Waals surface area contributed by atoms with Crippen molar-refractivity contribution in [2.45, 2.75) is 12.6 Å². The molecule has 0 bridgehead atoms. The average molecular weight is 368 g/mol. The first-order valence-corrected chi connectivity index (χ1v) is 7.94. The summed E-state index contributed by atoms with van der Waals surface area (Å²) in [5.74, 6) is 0.395. The number of hydrogen-bond acceptors (Lipinski definition) is 4. The molecule has 2 aromatic heterocycles. The predicted molar refractivity (Wildman–Crippen MR) is 90.6 cm³/mol. The highest BCUT2D eigenvalue weighted by atomic mass is 19.4. The van der Waals surface area contributed by atoms with E-state index in [1.54, 1.807) is 24.3 Å². The number of halogens is 3. The molecule has 0 spiro atoms. The fourth-order valence-electron chi connectivity index (χ4n) is 2.89. The number of aromatic amines is 1. The molecule has 4 rings (SSSR count). The van der Waals surface area contributed by atoms with Crippen molar-refractivity contribution < 1.29 is 17.6 Å². The number of nitrogens with one attached hydrogen (secondary N) is 1. The Labute approximate surface area is 151 Å². The van der Waals surface area contributed by atoms with E-state index in [9.17, 15) is 13.2 Å². The van der Waals surface area contributed by atoms with Gasteiger partial charge >= 0.3 is 6.18 Å². The molecule has 2 heterocycles. The first kappa shape index (κ1) is 16.8. The molecule has 0 fully saturated rings. The van der Waals surface area contributed by atoms with Crippen molar-refractivity contribution in [3.8, 4) is 17.5 Å². The van der Waals surface area contributed by atoms with Crippen LogP contribution < -0.4 is 0 Å². The van der Waals surface area contributed by atoms with Gasteiger partial charge in [0, 0.05) is 5.39 Å². The van der Waals surface area contributed by atoms with E-state index >= 15 is 0 Å². The highest BCUT2D eigenvalue weighted by molar-refractivity contribution is 5.83. The first-order valence-electron chi connectivity index (χ1n) is 7.94. The quantitative estimate of drug-likeness (QED) is 0.569. The summed E-state index contributed by atoms with van der Waals surface area (Å²) >= 11 is 0. The standard InChI is InChI=1S/C19H11F3N4O/c20-19(21,22)14-3-1-2-11(8-14)6-12-4-5-16-13(7-12)9-17(27-16)18-15(10-23)24-26-25-18/h1-5,7-9H,6H2,(H,24,25,26).